The van der Waals surface area contributed by atoms with Crippen molar-refractivity contribution in [1.82, 2.24) is 24.5 Å². The highest BCUT2D eigenvalue weighted by Gasteiger charge is 2.16. The van der Waals surface area contributed by atoms with E-state index in [2.05, 4.69) is 20.7 Å². The van der Waals surface area contributed by atoms with Gasteiger partial charge in [-0.15, -0.1) is 10.2 Å². The van der Waals surface area contributed by atoms with Crippen LogP contribution in [0.15, 0.2) is 71.8 Å². The van der Waals surface area contributed by atoms with Gasteiger partial charge in [-0.05, 0) is 42.3 Å². The Labute approximate surface area is 180 Å². The number of hydrogen-bond acceptors (Lipinski definition) is 5. The van der Waals surface area contributed by atoms with Crippen molar-refractivity contribution in [3.8, 4) is 11.1 Å². The molecule has 0 spiro atoms. The van der Waals surface area contributed by atoms with Gasteiger partial charge in [-0.1, -0.05) is 41.9 Å². The second-order valence-corrected chi connectivity index (χ2v) is 7.42. The number of nitrogens with one attached hydrogen (secondary N) is 1. The third-order valence-corrected chi connectivity index (χ3v) is 5.28. The standard InChI is InChI=1S/C22H15ClN6O2/c1-13-4-2-3-5-16(13)21(30)27-28-11-10-18-19(22(28)31)25-26-20-17(12-24-29(18)20)14-6-8-15(23)9-7-14/h2-12H,1H3,(H,27,30). The highest BCUT2D eigenvalue weighted by Crippen LogP contribution is 2.25. The molecule has 0 saturated carbocycles. The van der Waals surface area contributed by atoms with Crippen molar-refractivity contribution >= 4 is 34.2 Å². The zero-order valence-electron chi connectivity index (χ0n) is 16.3. The fourth-order valence-electron chi connectivity index (χ4n) is 3.41. The first-order valence-electron chi connectivity index (χ1n) is 9.41. The largest absolute Gasteiger partial charge is 0.299 e. The molecular formula is C22H15ClN6O2. The Morgan fingerprint density at radius 2 is 1.81 bits per heavy atom. The van der Waals surface area contributed by atoms with Crippen LogP contribution in [0.3, 0.4) is 0 Å². The highest BCUT2D eigenvalue weighted by molar-refractivity contribution is 6.30. The van der Waals surface area contributed by atoms with Gasteiger partial charge >= 0.3 is 0 Å². The van der Waals surface area contributed by atoms with E-state index in [9.17, 15) is 9.59 Å². The molecule has 31 heavy (non-hydrogen) atoms. The van der Waals surface area contributed by atoms with Gasteiger partial charge in [0.1, 0.15) is 5.52 Å². The van der Waals surface area contributed by atoms with Crippen molar-refractivity contribution in [2.24, 2.45) is 0 Å². The van der Waals surface area contributed by atoms with Crippen LogP contribution < -0.4 is 11.0 Å². The number of carbonyl (C=O) groups is 1. The number of rotatable bonds is 3. The summed E-state index contributed by atoms with van der Waals surface area (Å²) < 4.78 is 2.66. The zero-order valence-corrected chi connectivity index (χ0v) is 17.0. The number of nitrogens with zero attached hydrogens (tertiary/aromatic N) is 5. The molecule has 0 saturated heterocycles. The van der Waals surface area contributed by atoms with E-state index in [0.29, 0.717) is 21.7 Å². The lowest BCUT2D eigenvalue weighted by molar-refractivity contribution is 0.101. The van der Waals surface area contributed by atoms with Gasteiger partial charge in [-0.2, -0.15) is 5.10 Å². The van der Waals surface area contributed by atoms with Crippen molar-refractivity contribution in [3.63, 3.8) is 0 Å². The number of benzene rings is 2. The maximum absolute atomic E-state index is 12.9. The van der Waals surface area contributed by atoms with Gasteiger partial charge in [0, 0.05) is 22.3 Å². The molecule has 0 atom stereocenters. The first-order valence-corrected chi connectivity index (χ1v) is 9.79. The number of fused-ring (bicyclic) bond motifs is 3. The predicted molar refractivity (Wildman–Crippen MR) is 118 cm³/mol. The lowest BCUT2D eigenvalue weighted by Crippen LogP contribution is -2.33. The molecule has 0 unspecified atom stereocenters. The normalized spacial score (nSPS) is 11.2. The number of aromatic nitrogens is 5. The molecule has 8 nitrogen and oxygen atoms in total. The van der Waals surface area contributed by atoms with Gasteiger partial charge in [0.15, 0.2) is 11.2 Å². The van der Waals surface area contributed by atoms with Crippen molar-refractivity contribution in [2.45, 2.75) is 6.92 Å². The summed E-state index contributed by atoms with van der Waals surface area (Å²) in [5.74, 6) is -0.391. The quantitative estimate of drug-likeness (QED) is 0.473. The van der Waals surface area contributed by atoms with E-state index in [1.54, 1.807) is 41.0 Å². The molecule has 0 aliphatic heterocycles. The zero-order chi connectivity index (χ0) is 21.5. The lowest BCUT2D eigenvalue weighted by Gasteiger charge is -2.10. The molecule has 2 aromatic carbocycles. The van der Waals surface area contributed by atoms with Gasteiger partial charge in [0.05, 0.1) is 6.20 Å². The average Bonchev–Trinajstić information content (AvgIpc) is 3.21. The van der Waals surface area contributed by atoms with Crippen LogP contribution in [-0.4, -0.2) is 30.4 Å². The molecule has 0 aliphatic rings. The Bertz CT molecular complexity index is 1520. The predicted octanol–water partition coefficient (Wildman–Crippen LogP) is 3.45. The van der Waals surface area contributed by atoms with E-state index < -0.39 is 11.5 Å². The SMILES string of the molecule is Cc1ccccc1C(=O)Nn1ccc2c(nnc3c(-c4ccc(Cl)cc4)cnn32)c1=O. The van der Waals surface area contributed by atoms with Crippen molar-refractivity contribution < 1.29 is 4.79 Å². The minimum atomic E-state index is -0.502. The maximum Gasteiger partial charge on any atom is 0.299 e. The number of halogens is 1. The van der Waals surface area contributed by atoms with Gasteiger partial charge in [0.25, 0.3) is 11.5 Å². The fourth-order valence-corrected chi connectivity index (χ4v) is 3.54. The third kappa shape index (κ3) is 3.23. The molecular weight excluding hydrogens is 416 g/mol. The molecule has 1 amide bonds. The van der Waals surface area contributed by atoms with Crippen LogP contribution in [0.1, 0.15) is 15.9 Å². The summed E-state index contributed by atoms with van der Waals surface area (Å²) in [5, 5.41) is 13.3. The molecule has 5 rings (SSSR count). The van der Waals surface area contributed by atoms with Crippen LogP contribution in [0.4, 0.5) is 0 Å². The Balaban J connectivity index is 1.57. The summed E-state index contributed by atoms with van der Waals surface area (Å²) in [6.45, 7) is 1.83. The minimum Gasteiger partial charge on any atom is -0.267 e. The molecule has 0 radical (unpaired) electrons. The Morgan fingerprint density at radius 1 is 1.03 bits per heavy atom. The maximum atomic E-state index is 12.9. The van der Waals surface area contributed by atoms with E-state index in [4.69, 9.17) is 11.6 Å². The van der Waals surface area contributed by atoms with E-state index in [0.717, 1.165) is 21.4 Å². The Kier molecular flexibility index (Phi) is 4.48. The first-order chi connectivity index (χ1) is 15.0. The Morgan fingerprint density at radius 3 is 2.58 bits per heavy atom. The van der Waals surface area contributed by atoms with E-state index >= 15 is 0 Å². The van der Waals surface area contributed by atoms with Crippen LogP contribution in [0.2, 0.25) is 5.02 Å². The van der Waals surface area contributed by atoms with Crippen LogP contribution in [0, 0.1) is 6.92 Å². The molecule has 152 valence electrons. The second kappa shape index (κ2) is 7.33. The van der Waals surface area contributed by atoms with Crippen molar-refractivity contribution in [3.05, 3.63) is 93.5 Å². The third-order valence-electron chi connectivity index (χ3n) is 5.03. The van der Waals surface area contributed by atoms with Crippen molar-refractivity contribution in [2.75, 3.05) is 5.43 Å². The lowest BCUT2D eigenvalue weighted by atomic mass is 10.1. The summed E-state index contributed by atoms with van der Waals surface area (Å²) in [4.78, 5) is 25.5. The fraction of sp³-hybridized carbons (Fsp3) is 0.0455. The molecule has 0 aliphatic carbocycles. The highest BCUT2D eigenvalue weighted by atomic mass is 35.5. The summed E-state index contributed by atoms with van der Waals surface area (Å²) >= 11 is 5.97. The van der Waals surface area contributed by atoms with Crippen LogP contribution in [0.25, 0.3) is 27.8 Å². The van der Waals surface area contributed by atoms with Gasteiger partial charge < -0.3 is 0 Å². The number of carbonyl (C=O) groups excluding carboxylic acids is 1. The summed E-state index contributed by atoms with van der Waals surface area (Å²) in [6.07, 6.45) is 3.14. The number of amides is 1. The minimum absolute atomic E-state index is 0.0887. The number of aryl methyl sites for hydroxylation is 1. The van der Waals surface area contributed by atoms with Crippen LogP contribution in [-0.2, 0) is 0 Å². The van der Waals surface area contributed by atoms with Crippen LogP contribution in [0.5, 0.6) is 0 Å². The topological polar surface area (TPSA) is 94.2 Å². The van der Waals surface area contributed by atoms with E-state index in [1.807, 2.05) is 31.2 Å². The number of hydrogen-bond donors (Lipinski definition) is 1. The van der Waals surface area contributed by atoms with Gasteiger partial charge in [-0.25, -0.2) is 9.19 Å². The molecule has 5 aromatic rings. The molecule has 3 aromatic heterocycles. The summed E-state index contributed by atoms with van der Waals surface area (Å²) in [5.41, 5.74) is 6.12. The van der Waals surface area contributed by atoms with E-state index in [1.165, 1.54) is 6.20 Å². The molecule has 1 N–H and O–H groups in total. The summed E-state index contributed by atoms with van der Waals surface area (Å²) in [7, 11) is 0. The smallest absolute Gasteiger partial charge is 0.267 e. The average molecular weight is 431 g/mol. The van der Waals surface area contributed by atoms with Gasteiger partial charge in [-0.3, -0.25) is 15.0 Å². The summed E-state index contributed by atoms with van der Waals surface area (Å²) in [6, 6.07) is 16.1. The molecule has 0 bridgehead atoms. The van der Waals surface area contributed by atoms with Gasteiger partial charge in [0.2, 0.25) is 0 Å². The van der Waals surface area contributed by atoms with Crippen LogP contribution >= 0.6 is 11.6 Å². The first kappa shape index (κ1) is 19.0. The monoisotopic (exact) mass is 430 g/mol. The molecule has 0 fully saturated rings. The van der Waals surface area contributed by atoms with E-state index in [-0.39, 0.29) is 5.52 Å². The number of pyridine rings is 1. The second-order valence-electron chi connectivity index (χ2n) is 6.98. The van der Waals surface area contributed by atoms with Crippen molar-refractivity contribution in [1.29, 1.82) is 0 Å². The molecule has 9 heteroatoms. The molecule has 3 heterocycles. The Hall–Kier alpha value is -4.04.